The van der Waals surface area contributed by atoms with Crippen LogP contribution < -0.4 is 5.56 Å². The summed E-state index contributed by atoms with van der Waals surface area (Å²) in [6, 6.07) is 1.43. The smallest absolute Gasteiger partial charge is 0.256 e. The highest BCUT2D eigenvalue weighted by atomic mass is 32.1. The van der Waals surface area contributed by atoms with Crippen LogP contribution in [0.2, 0.25) is 0 Å². The second-order valence-electron chi connectivity index (χ2n) is 2.94. The first kappa shape index (κ1) is 11.1. The van der Waals surface area contributed by atoms with Crippen molar-refractivity contribution in [3.63, 3.8) is 0 Å². The van der Waals surface area contributed by atoms with Gasteiger partial charge in [-0.05, 0) is 18.6 Å². The molecule has 0 saturated heterocycles. The first-order valence-corrected chi connectivity index (χ1v) is 5.03. The number of H-pyrrole nitrogens is 1. The van der Waals surface area contributed by atoms with E-state index in [1.807, 2.05) is 0 Å². The van der Waals surface area contributed by atoms with Crippen LogP contribution in [-0.4, -0.2) is 16.2 Å². The van der Waals surface area contributed by atoms with E-state index >= 15 is 0 Å². The van der Waals surface area contributed by atoms with Crippen molar-refractivity contribution in [3.05, 3.63) is 27.4 Å². The molecule has 5 heteroatoms. The van der Waals surface area contributed by atoms with Crippen LogP contribution in [0.3, 0.4) is 0 Å². The third-order valence-corrected chi connectivity index (χ3v) is 2.14. The molecule has 0 bridgehead atoms. The van der Waals surface area contributed by atoms with Gasteiger partial charge in [0, 0.05) is 18.9 Å². The Morgan fingerprint density at radius 3 is 3.07 bits per heavy atom. The standard InChI is InChI=1S/C9H14N2O2S/c1-2-3-6-13-7-11-8(12)4-5-10-9(11)14/h4-5H,2-3,6-7H2,1H3,(H,10,14). The fourth-order valence-corrected chi connectivity index (χ4v) is 1.19. The molecular formula is C9H14N2O2S. The van der Waals surface area contributed by atoms with E-state index in [1.54, 1.807) is 0 Å². The lowest BCUT2D eigenvalue weighted by molar-refractivity contribution is 0.0709. The molecule has 4 nitrogen and oxygen atoms in total. The number of hydrogen-bond acceptors (Lipinski definition) is 3. The zero-order chi connectivity index (χ0) is 10.4. The van der Waals surface area contributed by atoms with Crippen molar-refractivity contribution < 1.29 is 4.74 Å². The summed E-state index contributed by atoms with van der Waals surface area (Å²) in [5.74, 6) is 0. The number of aromatic amines is 1. The summed E-state index contributed by atoms with van der Waals surface area (Å²) in [7, 11) is 0. The van der Waals surface area contributed by atoms with Crippen LogP contribution in [0.1, 0.15) is 19.8 Å². The lowest BCUT2D eigenvalue weighted by atomic mass is 10.4. The zero-order valence-corrected chi connectivity index (χ0v) is 8.97. The summed E-state index contributed by atoms with van der Waals surface area (Å²) in [5, 5.41) is 0. The topological polar surface area (TPSA) is 47.0 Å². The highest BCUT2D eigenvalue weighted by Crippen LogP contribution is 1.90. The molecular weight excluding hydrogens is 200 g/mol. The van der Waals surface area contributed by atoms with Gasteiger partial charge < -0.3 is 9.72 Å². The van der Waals surface area contributed by atoms with Crippen LogP contribution in [-0.2, 0) is 11.5 Å². The highest BCUT2D eigenvalue weighted by molar-refractivity contribution is 7.71. The molecule has 1 aromatic rings. The number of aromatic nitrogens is 2. The van der Waals surface area contributed by atoms with E-state index in [9.17, 15) is 4.79 Å². The van der Waals surface area contributed by atoms with Crippen LogP contribution in [0.25, 0.3) is 0 Å². The Hall–Kier alpha value is -0.940. The number of nitrogens with zero attached hydrogens (tertiary/aromatic N) is 1. The summed E-state index contributed by atoms with van der Waals surface area (Å²) in [6.45, 7) is 2.98. The molecule has 1 heterocycles. The number of hydrogen-bond donors (Lipinski definition) is 1. The quantitative estimate of drug-likeness (QED) is 0.599. The van der Waals surface area contributed by atoms with Gasteiger partial charge in [-0.25, -0.2) is 0 Å². The summed E-state index contributed by atoms with van der Waals surface area (Å²) in [4.78, 5) is 14.1. The molecule has 0 atom stereocenters. The average molecular weight is 214 g/mol. The molecule has 1 rings (SSSR count). The summed E-state index contributed by atoms with van der Waals surface area (Å²) in [6.07, 6.45) is 3.61. The van der Waals surface area contributed by atoms with Gasteiger partial charge in [-0.3, -0.25) is 9.36 Å². The number of rotatable bonds is 5. The Kier molecular flexibility index (Phi) is 4.55. The second kappa shape index (κ2) is 5.72. The van der Waals surface area contributed by atoms with Gasteiger partial charge in [0.05, 0.1) is 0 Å². The SMILES string of the molecule is CCCCOCn1c(=O)cc[nH]c1=S. The average Bonchev–Trinajstić information content (AvgIpc) is 2.16. The van der Waals surface area contributed by atoms with E-state index in [4.69, 9.17) is 17.0 Å². The Balaban J connectivity index is 2.59. The molecule has 1 N–H and O–H groups in total. The molecule has 0 aromatic carbocycles. The van der Waals surface area contributed by atoms with Crippen molar-refractivity contribution in [1.29, 1.82) is 0 Å². The third kappa shape index (κ3) is 3.08. The van der Waals surface area contributed by atoms with Crippen LogP contribution in [0.15, 0.2) is 17.1 Å². The minimum absolute atomic E-state index is 0.134. The Morgan fingerprint density at radius 2 is 2.43 bits per heavy atom. The zero-order valence-electron chi connectivity index (χ0n) is 8.16. The minimum Gasteiger partial charge on any atom is -0.361 e. The summed E-state index contributed by atoms with van der Waals surface area (Å²) >= 11 is 4.94. The van der Waals surface area contributed by atoms with Crippen molar-refractivity contribution in [2.75, 3.05) is 6.61 Å². The number of nitrogens with one attached hydrogen (secondary N) is 1. The normalized spacial score (nSPS) is 10.4. The van der Waals surface area contributed by atoms with E-state index in [-0.39, 0.29) is 12.3 Å². The Morgan fingerprint density at radius 1 is 1.64 bits per heavy atom. The van der Waals surface area contributed by atoms with Gasteiger partial charge in [0.15, 0.2) is 4.77 Å². The van der Waals surface area contributed by atoms with Gasteiger partial charge in [-0.15, -0.1) is 0 Å². The van der Waals surface area contributed by atoms with Crippen molar-refractivity contribution in [2.24, 2.45) is 0 Å². The van der Waals surface area contributed by atoms with Gasteiger partial charge in [0.25, 0.3) is 5.56 Å². The summed E-state index contributed by atoms with van der Waals surface area (Å²) in [5.41, 5.74) is -0.134. The van der Waals surface area contributed by atoms with Crippen LogP contribution in [0.5, 0.6) is 0 Å². The largest absolute Gasteiger partial charge is 0.361 e. The minimum atomic E-state index is -0.134. The lowest BCUT2D eigenvalue weighted by Crippen LogP contribution is -2.22. The van der Waals surface area contributed by atoms with Crippen LogP contribution in [0, 0.1) is 4.77 Å². The molecule has 0 unspecified atom stereocenters. The van der Waals surface area contributed by atoms with E-state index in [0.717, 1.165) is 12.8 Å². The van der Waals surface area contributed by atoms with Gasteiger partial charge in [-0.2, -0.15) is 0 Å². The first-order chi connectivity index (χ1) is 6.75. The predicted octanol–water partition coefficient (Wildman–Crippen LogP) is 1.68. The molecule has 0 amide bonds. The van der Waals surface area contributed by atoms with E-state index < -0.39 is 0 Å². The molecule has 14 heavy (non-hydrogen) atoms. The molecule has 0 fully saturated rings. The molecule has 0 aliphatic heterocycles. The second-order valence-corrected chi connectivity index (χ2v) is 3.33. The number of unbranched alkanes of at least 4 members (excludes halogenated alkanes) is 1. The maximum atomic E-state index is 11.3. The lowest BCUT2D eigenvalue weighted by Gasteiger charge is -2.05. The maximum Gasteiger partial charge on any atom is 0.256 e. The van der Waals surface area contributed by atoms with E-state index in [2.05, 4.69) is 11.9 Å². The molecule has 1 aromatic heterocycles. The molecule has 0 radical (unpaired) electrons. The van der Waals surface area contributed by atoms with Crippen LogP contribution in [0.4, 0.5) is 0 Å². The fourth-order valence-electron chi connectivity index (χ4n) is 0.977. The third-order valence-electron chi connectivity index (χ3n) is 1.81. The van der Waals surface area contributed by atoms with Crippen molar-refractivity contribution in [1.82, 2.24) is 9.55 Å². The fraction of sp³-hybridized carbons (Fsp3) is 0.556. The Labute approximate surface area is 87.5 Å². The molecule has 78 valence electrons. The molecule has 0 saturated carbocycles. The van der Waals surface area contributed by atoms with Gasteiger partial charge in [0.2, 0.25) is 0 Å². The monoisotopic (exact) mass is 214 g/mol. The van der Waals surface area contributed by atoms with Crippen molar-refractivity contribution in [3.8, 4) is 0 Å². The molecule has 0 aliphatic rings. The number of ether oxygens (including phenoxy) is 1. The molecule has 0 spiro atoms. The van der Waals surface area contributed by atoms with Gasteiger partial charge in [-0.1, -0.05) is 13.3 Å². The Bertz CT molecular complexity index is 355. The highest BCUT2D eigenvalue weighted by Gasteiger charge is 1.96. The van der Waals surface area contributed by atoms with Crippen molar-refractivity contribution in [2.45, 2.75) is 26.5 Å². The van der Waals surface area contributed by atoms with E-state index in [0.29, 0.717) is 11.4 Å². The maximum absolute atomic E-state index is 11.3. The van der Waals surface area contributed by atoms with Crippen LogP contribution >= 0.6 is 12.2 Å². The molecule has 0 aliphatic carbocycles. The first-order valence-electron chi connectivity index (χ1n) is 4.62. The van der Waals surface area contributed by atoms with Gasteiger partial charge >= 0.3 is 0 Å². The van der Waals surface area contributed by atoms with E-state index in [1.165, 1.54) is 16.8 Å². The van der Waals surface area contributed by atoms with Gasteiger partial charge in [0.1, 0.15) is 6.73 Å². The predicted molar refractivity (Wildman–Crippen MR) is 56.7 cm³/mol. The van der Waals surface area contributed by atoms with Crippen molar-refractivity contribution >= 4 is 12.2 Å². The summed E-state index contributed by atoms with van der Waals surface area (Å²) < 4.78 is 7.09.